The number of aromatic nitrogens is 1. The molecule has 3 atom stereocenters. The van der Waals surface area contributed by atoms with E-state index in [0.717, 1.165) is 20.9 Å². The molecule has 2 aromatic carbocycles. The summed E-state index contributed by atoms with van der Waals surface area (Å²) in [6, 6.07) is 13.8. The average molecular weight is 556 g/mol. The van der Waals surface area contributed by atoms with Gasteiger partial charge in [0.25, 0.3) is 0 Å². The summed E-state index contributed by atoms with van der Waals surface area (Å²) in [7, 11) is 1.54. The van der Waals surface area contributed by atoms with E-state index >= 15 is 0 Å². The molecule has 2 heterocycles. The lowest BCUT2D eigenvalue weighted by molar-refractivity contribution is -0.160. The van der Waals surface area contributed by atoms with Crippen LogP contribution in [0.25, 0.3) is 10.9 Å². The van der Waals surface area contributed by atoms with Crippen molar-refractivity contribution in [2.75, 3.05) is 25.5 Å². The third-order valence-corrected chi connectivity index (χ3v) is 7.06. The fourth-order valence-corrected chi connectivity index (χ4v) is 4.94. The van der Waals surface area contributed by atoms with Crippen molar-refractivity contribution in [3.8, 4) is 0 Å². The molecule has 3 amide bonds. The number of benzene rings is 2. The SMILES string of the molecule is CNOC(=O)C1CCN(C(=O)[C@H](Cc2c[nH]c3ccccc23)NC(=O)Nc2ccc(Br)cc2)CC1C. The zero-order valence-corrected chi connectivity index (χ0v) is 21.8. The highest BCUT2D eigenvalue weighted by molar-refractivity contribution is 9.10. The summed E-state index contributed by atoms with van der Waals surface area (Å²) in [6.45, 7) is 2.75. The molecule has 9 nitrogen and oxygen atoms in total. The standard InChI is InChI=1S/C26H30BrN5O4/c1-16-15-32(12-11-20(16)25(34)36-28-2)24(33)23(13-17-14-29-22-6-4-3-5-21(17)22)31-26(35)30-19-9-7-18(27)8-10-19/h3-10,14,16,20,23,28-29H,11-13,15H2,1-2H3,(H2,30,31,35)/t16?,20?,23-/m0/s1. The van der Waals surface area contributed by atoms with Gasteiger partial charge in [0, 0.05) is 53.8 Å². The number of likely N-dealkylation sites (tertiary alicyclic amines) is 1. The molecule has 36 heavy (non-hydrogen) atoms. The van der Waals surface area contributed by atoms with E-state index < -0.39 is 12.1 Å². The van der Waals surface area contributed by atoms with Crippen molar-refractivity contribution >= 4 is 50.4 Å². The first-order valence-electron chi connectivity index (χ1n) is 11.9. The number of para-hydroxylation sites is 1. The maximum absolute atomic E-state index is 13.7. The van der Waals surface area contributed by atoms with E-state index in [0.29, 0.717) is 31.6 Å². The lowest BCUT2D eigenvalue weighted by Crippen LogP contribution is -2.54. The van der Waals surface area contributed by atoms with Crippen molar-refractivity contribution in [3.63, 3.8) is 0 Å². The number of hydrogen-bond acceptors (Lipinski definition) is 5. The van der Waals surface area contributed by atoms with Crippen LogP contribution < -0.4 is 16.1 Å². The van der Waals surface area contributed by atoms with Crippen molar-refractivity contribution < 1.29 is 19.2 Å². The average Bonchev–Trinajstić information content (AvgIpc) is 3.27. The molecule has 1 aliphatic heterocycles. The van der Waals surface area contributed by atoms with Crippen LogP contribution in [0.2, 0.25) is 0 Å². The highest BCUT2D eigenvalue weighted by Crippen LogP contribution is 2.26. The number of halogens is 1. The van der Waals surface area contributed by atoms with Crippen molar-refractivity contribution in [1.29, 1.82) is 0 Å². The van der Waals surface area contributed by atoms with Crippen LogP contribution in [0.1, 0.15) is 18.9 Å². The molecule has 4 N–H and O–H groups in total. The van der Waals surface area contributed by atoms with E-state index in [1.807, 2.05) is 49.5 Å². The number of rotatable bonds is 7. The van der Waals surface area contributed by atoms with Crippen molar-refractivity contribution in [2.24, 2.45) is 11.8 Å². The predicted molar refractivity (Wildman–Crippen MR) is 141 cm³/mol. The first kappa shape index (κ1) is 25.7. The van der Waals surface area contributed by atoms with E-state index in [1.54, 1.807) is 24.1 Å². The molecule has 1 fully saturated rings. The summed E-state index contributed by atoms with van der Waals surface area (Å²) in [5.41, 5.74) is 4.95. The largest absolute Gasteiger partial charge is 0.371 e. The number of anilines is 1. The highest BCUT2D eigenvalue weighted by atomic mass is 79.9. The Bertz CT molecular complexity index is 1230. The Morgan fingerprint density at radius 3 is 2.64 bits per heavy atom. The van der Waals surface area contributed by atoms with Gasteiger partial charge in [0.2, 0.25) is 5.91 Å². The smallest absolute Gasteiger partial charge is 0.328 e. The van der Waals surface area contributed by atoms with Crippen LogP contribution in [0.3, 0.4) is 0 Å². The molecule has 0 spiro atoms. The fraction of sp³-hybridized carbons (Fsp3) is 0.346. The number of hydroxylamine groups is 1. The van der Waals surface area contributed by atoms with Crippen LogP contribution in [0.15, 0.2) is 59.2 Å². The van der Waals surface area contributed by atoms with Crippen LogP contribution in [0, 0.1) is 11.8 Å². The highest BCUT2D eigenvalue weighted by Gasteiger charge is 2.37. The second-order valence-electron chi connectivity index (χ2n) is 9.00. The molecule has 10 heteroatoms. The van der Waals surface area contributed by atoms with E-state index in [2.05, 4.69) is 37.0 Å². The van der Waals surface area contributed by atoms with Gasteiger partial charge in [-0.2, -0.15) is 5.48 Å². The summed E-state index contributed by atoms with van der Waals surface area (Å²) in [5.74, 6) is -0.867. The number of nitrogens with zero attached hydrogens (tertiary/aromatic N) is 1. The predicted octanol–water partition coefficient (Wildman–Crippen LogP) is 3.83. The van der Waals surface area contributed by atoms with Gasteiger partial charge in [-0.3, -0.25) is 9.59 Å². The van der Waals surface area contributed by atoms with Crippen LogP contribution >= 0.6 is 15.9 Å². The number of fused-ring (bicyclic) bond motifs is 1. The molecule has 1 aromatic heterocycles. The molecule has 1 aliphatic rings. The first-order valence-corrected chi connectivity index (χ1v) is 12.7. The van der Waals surface area contributed by atoms with E-state index in [1.165, 1.54) is 0 Å². The molecule has 1 saturated heterocycles. The second-order valence-corrected chi connectivity index (χ2v) is 9.92. The van der Waals surface area contributed by atoms with Crippen molar-refractivity contribution in [2.45, 2.75) is 25.8 Å². The van der Waals surface area contributed by atoms with Gasteiger partial charge < -0.3 is 25.4 Å². The molecular formula is C26H30BrN5O4. The van der Waals surface area contributed by atoms with Crippen LogP contribution in [0.4, 0.5) is 10.5 Å². The number of carbonyl (C=O) groups excluding carboxylic acids is 3. The number of amides is 3. The van der Waals surface area contributed by atoms with Gasteiger partial charge in [-0.15, -0.1) is 0 Å². The molecule has 0 saturated carbocycles. The topological polar surface area (TPSA) is 116 Å². The Balaban J connectivity index is 1.51. The Hall–Kier alpha value is -3.37. The van der Waals surface area contributed by atoms with Gasteiger partial charge in [0.1, 0.15) is 6.04 Å². The monoisotopic (exact) mass is 555 g/mol. The Morgan fingerprint density at radius 2 is 1.92 bits per heavy atom. The Labute approximate surface area is 218 Å². The van der Waals surface area contributed by atoms with Gasteiger partial charge in [-0.1, -0.05) is 41.1 Å². The molecule has 2 unspecified atom stereocenters. The zero-order valence-electron chi connectivity index (χ0n) is 20.2. The van der Waals surface area contributed by atoms with Gasteiger partial charge >= 0.3 is 12.0 Å². The molecule has 4 rings (SSSR count). The number of carbonyl (C=O) groups is 3. The number of nitrogens with one attached hydrogen (secondary N) is 4. The lowest BCUT2D eigenvalue weighted by Gasteiger charge is -2.37. The molecule has 3 aromatic rings. The van der Waals surface area contributed by atoms with Gasteiger partial charge in [-0.05, 0) is 48.2 Å². The number of hydrogen-bond donors (Lipinski definition) is 4. The number of aromatic amines is 1. The third kappa shape index (κ3) is 6.06. The van der Waals surface area contributed by atoms with Crippen LogP contribution in [0.5, 0.6) is 0 Å². The minimum Gasteiger partial charge on any atom is -0.371 e. The third-order valence-electron chi connectivity index (χ3n) is 6.53. The fourth-order valence-electron chi connectivity index (χ4n) is 4.67. The van der Waals surface area contributed by atoms with Gasteiger partial charge in [-0.25, -0.2) is 4.79 Å². The molecule has 190 valence electrons. The van der Waals surface area contributed by atoms with Gasteiger partial charge in [0.15, 0.2) is 0 Å². The van der Waals surface area contributed by atoms with Crippen LogP contribution in [-0.4, -0.2) is 54.0 Å². The van der Waals surface area contributed by atoms with Crippen molar-refractivity contribution in [3.05, 3.63) is 64.8 Å². The maximum Gasteiger partial charge on any atom is 0.328 e. The van der Waals surface area contributed by atoms with E-state index in [9.17, 15) is 14.4 Å². The summed E-state index contributed by atoms with van der Waals surface area (Å²) < 4.78 is 0.900. The summed E-state index contributed by atoms with van der Waals surface area (Å²) >= 11 is 3.38. The summed E-state index contributed by atoms with van der Waals surface area (Å²) in [6.07, 6.45) is 2.70. The van der Waals surface area contributed by atoms with Crippen molar-refractivity contribution in [1.82, 2.24) is 20.7 Å². The molecule has 0 radical (unpaired) electrons. The van der Waals surface area contributed by atoms with E-state index in [4.69, 9.17) is 4.84 Å². The number of urea groups is 1. The number of H-pyrrole nitrogens is 1. The zero-order chi connectivity index (χ0) is 25.7. The Kier molecular flexibility index (Phi) is 8.27. The minimum absolute atomic E-state index is 0.0751. The van der Waals surface area contributed by atoms with Crippen LogP contribution in [-0.2, 0) is 20.8 Å². The normalized spacial score (nSPS) is 18.5. The summed E-state index contributed by atoms with van der Waals surface area (Å²) in [4.78, 5) is 48.7. The summed E-state index contributed by atoms with van der Waals surface area (Å²) in [5, 5.41) is 6.69. The van der Waals surface area contributed by atoms with Gasteiger partial charge in [0.05, 0.1) is 5.92 Å². The molecule has 0 aliphatic carbocycles. The number of piperidine rings is 1. The quantitative estimate of drug-likeness (QED) is 0.331. The molecule has 0 bridgehead atoms. The minimum atomic E-state index is -0.785. The first-order chi connectivity index (χ1) is 17.4. The second kappa shape index (κ2) is 11.6. The maximum atomic E-state index is 13.7. The Morgan fingerprint density at radius 1 is 1.17 bits per heavy atom. The van der Waals surface area contributed by atoms with E-state index in [-0.39, 0.29) is 23.7 Å². The molecular weight excluding hydrogens is 526 g/mol. The lowest BCUT2D eigenvalue weighted by atomic mass is 9.86.